The summed E-state index contributed by atoms with van der Waals surface area (Å²) >= 11 is 6.09. The number of aryl methyl sites for hydroxylation is 1. The molecule has 0 aliphatic carbocycles. The van der Waals surface area contributed by atoms with Gasteiger partial charge in [0.1, 0.15) is 0 Å². The van der Waals surface area contributed by atoms with Gasteiger partial charge in [0.25, 0.3) is 0 Å². The smallest absolute Gasteiger partial charge is 0.240 e. The van der Waals surface area contributed by atoms with Crippen molar-refractivity contribution < 1.29 is 13.2 Å². The van der Waals surface area contributed by atoms with Crippen molar-refractivity contribution >= 4 is 27.4 Å². The number of Topliss-reactive ketones (excluding diaryl/α,β-unsaturated/α-hetero) is 1. The van der Waals surface area contributed by atoms with Crippen LogP contribution in [0.5, 0.6) is 0 Å². The summed E-state index contributed by atoms with van der Waals surface area (Å²) in [6, 6.07) is 11.2. The highest BCUT2D eigenvalue weighted by molar-refractivity contribution is 7.89. The molecule has 0 fully saturated rings. The second-order valence-corrected chi connectivity index (χ2v) is 7.11. The predicted octanol–water partition coefficient (Wildman–Crippen LogP) is 3.33. The van der Waals surface area contributed by atoms with Gasteiger partial charge >= 0.3 is 0 Å². The lowest BCUT2D eigenvalue weighted by atomic mass is 10.1. The lowest BCUT2D eigenvalue weighted by molar-refractivity contribution is 0.101. The van der Waals surface area contributed by atoms with E-state index in [1.54, 1.807) is 6.07 Å². The van der Waals surface area contributed by atoms with Crippen molar-refractivity contribution in [3.8, 4) is 0 Å². The maximum atomic E-state index is 12.3. The summed E-state index contributed by atoms with van der Waals surface area (Å²) in [6.07, 6.45) is 0. The summed E-state index contributed by atoms with van der Waals surface area (Å²) in [6.45, 7) is 3.42. The van der Waals surface area contributed by atoms with Gasteiger partial charge in [-0.05, 0) is 43.2 Å². The Kier molecular flexibility index (Phi) is 5.01. The minimum Gasteiger partial charge on any atom is -0.295 e. The van der Waals surface area contributed by atoms with Gasteiger partial charge in [0.15, 0.2) is 5.78 Å². The van der Waals surface area contributed by atoms with E-state index in [1.807, 2.05) is 19.1 Å². The number of halogens is 1. The van der Waals surface area contributed by atoms with Crippen LogP contribution in [0, 0.1) is 6.92 Å². The summed E-state index contributed by atoms with van der Waals surface area (Å²) < 4.78 is 27.1. The van der Waals surface area contributed by atoms with Crippen LogP contribution in [0.3, 0.4) is 0 Å². The lowest BCUT2D eigenvalue weighted by Crippen LogP contribution is -2.23. The first-order valence-corrected chi connectivity index (χ1v) is 8.52. The van der Waals surface area contributed by atoms with E-state index in [9.17, 15) is 13.2 Å². The Labute approximate surface area is 135 Å². The molecule has 0 atom stereocenters. The zero-order chi connectivity index (χ0) is 16.3. The summed E-state index contributed by atoms with van der Waals surface area (Å²) in [5.41, 5.74) is 2.14. The number of benzene rings is 2. The highest BCUT2D eigenvalue weighted by Gasteiger charge is 2.15. The molecule has 0 amide bonds. The minimum absolute atomic E-state index is 0.108. The van der Waals surface area contributed by atoms with Gasteiger partial charge in [0.05, 0.1) is 4.90 Å². The molecule has 2 rings (SSSR count). The van der Waals surface area contributed by atoms with Crippen LogP contribution in [0.15, 0.2) is 47.4 Å². The Balaban J connectivity index is 2.19. The summed E-state index contributed by atoms with van der Waals surface area (Å²) in [7, 11) is -3.65. The molecular formula is C16H16ClNO3S. The molecule has 0 unspecified atom stereocenters. The molecule has 6 heteroatoms. The Morgan fingerprint density at radius 1 is 1.14 bits per heavy atom. The monoisotopic (exact) mass is 337 g/mol. The summed E-state index contributed by atoms with van der Waals surface area (Å²) in [4.78, 5) is 11.3. The van der Waals surface area contributed by atoms with Crippen LogP contribution in [0.1, 0.15) is 28.4 Å². The van der Waals surface area contributed by atoms with Crippen LogP contribution in [0.4, 0.5) is 0 Å². The number of hydrogen-bond donors (Lipinski definition) is 1. The van der Waals surface area contributed by atoms with Gasteiger partial charge < -0.3 is 0 Å². The van der Waals surface area contributed by atoms with Gasteiger partial charge in [-0.2, -0.15) is 0 Å². The van der Waals surface area contributed by atoms with Gasteiger partial charge in [0, 0.05) is 17.1 Å². The van der Waals surface area contributed by atoms with Crippen LogP contribution in [-0.4, -0.2) is 14.2 Å². The van der Waals surface area contributed by atoms with E-state index in [0.717, 1.165) is 11.1 Å². The molecule has 0 saturated heterocycles. The second kappa shape index (κ2) is 6.60. The molecule has 4 nitrogen and oxygen atoms in total. The lowest BCUT2D eigenvalue weighted by Gasteiger charge is -2.10. The summed E-state index contributed by atoms with van der Waals surface area (Å²) in [5, 5.41) is 0.523. The molecular weight excluding hydrogens is 322 g/mol. The van der Waals surface area contributed by atoms with Crippen molar-refractivity contribution in [2.24, 2.45) is 0 Å². The van der Waals surface area contributed by atoms with Crippen LogP contribution in [0.25, 0.3) is 0 Å². The van der Waals surface area contributed by atoms with Crippen molar-refractivity contribution in [1.82, 2.24) is 4.72 Å². The van der Waals surface area contributed by atoms with Crippen LogP contribution in [-0.2, 0) is 16.6 Å². The van der Waals surface area contributed by atoms with Gasteiger partial charge in [-0.1, -0.05) is 35.9 Å². The molecule has 2 aromatic carbocycles. The topological polar surface area (TPSA) is 63.2 Å². The Morgan fingerprint density at radius 2 is 1.77 bits per heavy atom. The first-order chi connectivity index (χ1) is 10.3. The van der Waals surface area contributed by atoms with Gasteiger partial charge in [-0.3, -0.25) is 4.79 Å². The van der Waals surface area contributed by atoms with Crippen molar-refractivity contribution in [2.45, 2.75) is 25.3 Å². The molecule has 0 aromatic heterocycles. The van der Waals surface area contributed by atoms with E-state index in [0.29, 0.717) is 10.6 Å². The molecule has 0 radical (unpaired) electrons. The average molecular weight is 338 g/mol. The number of sulfonamides is 1. The van der Waals surface area contributed by atoms with E-state index < -0.39 is 10.0 Å². The first kappa shape index (κ1) is 16.7. The average Bonchev–Trinajstić information content (AvgIpc) is 2.46. The third-order valence-corrected chi connectivity index (χ3v) is 5.13. The zero-order valence-electron chi connectivity index (χ0n) is 12.3. The number of carbonyl (C=O) groups is 1. The van der Waals surface area contributed by atoms with E-state index >= 15 is 0 Å². The minimum atomic E-state index is -3.65. The molecule has 0 spiro atoms. The van der Waals surface area contributed by atoms with E-state index in [2.05, 4.69) is 4.72 Å². The summed E-state index contributed by atoms with van der Waals surface area (Å²) in [5.74, 6) is -0.108. The van der Waals surface area contributed by atoms with Crippen molar-refractivity contribution in [3.63, 3.8) is 0 Å². The molecule has 22 heavy (non-hydrogen) atoms. The maximum Gasteiger partial charge on any atom is 0.240 e. The molecule has 0 aliphatic rings. The third kappa shape index (κ3) is 3.74. The number of ketones is 1. The molecule has 0 bridgehead atoms. The Hall–Kier alpha value is -1.69. The molecule has 0 saturated carbocycles. The number of carbonyl (C=O) groups excluding carboxylic acids is 1. The van der Waals surface area contributed by atoms with Crippen molar-refractivity contribution in [3.05, 3.63) is 64.2 Å². The van der Waals surface area contributed by atoms with Gasteiger partial charge in [-0.15, -0.1) is 0 Å². The quantitative estimate of drug-likeness (QED) is 0.851. The van der Waals surface area contributed by atoms with Gasteiger partial charge in [-0.25, -0.2) is 13.1 Å². The van der Waals surface area contributed by atoms with Crippen LogP contribution >= 0.6 is 11.6 Å². The number of rotatable bonds is 5. The Morgan fingerprint density at radius 3 is 2.32 bits per heavy atom. The highest BCUT2D eigenvalue weighted by Crippen LogP contribution is 2.20. The molecule has 0 aliphatic heterocycles. The molecule has 116 valence electrons. The normalized spacial score (nSPS) is 11.4. The molecule has 0 heterocycles. The second-order valence-electron chi connectivity index (χ2n) is 4.94. The Bertz CT molecular complexity index is 778. The highest BCUT2D eigenvalue weighted by atomic mass is 35.5. The first-order valence-electron chi connectivity index (χ1n) is 6.66. The maximum absolute atomic E-state index is 12.3. The number of nitrogens with one attached hydrogen (secondary N) is 1. The van der Waals surface area contributed by atoms with Crippen molar-refractivity contribution in [1.29, 1.82) is 0 Å². The van der Waals surface area contributed by atoms with E-state index in [-0.39, 0.29) is 17.2 Å². The fourth-order valence-corrected chi connectivity index (χ4v) is 3.29. The van der Waals surface area contributed by atoms with Crippen molar-refractivity contribution in [2.75, 3.05) is 0 Å². The molecule has 1 N–H and O–H groups in total. The van der Waals surface area contributed by atoms with E-state index in [1.165, 1.54) is 31.2 Å². The third-order valence-electron chi connectivity index (χ3n) is 3.36. The molecule has 2 aromatic rings. The predicted molar refractivity (Wildman–Crippen MR) is 86.7 cm³/mol. The SMILES string of the molecule is CC(=O)c1ccc(S(=O)(=O)NCc2c(C)cccc2Cl)cc1. The van der Waals surface area contributed by atoms with Gasteiger partial charge in [0.2, 0.25) is 10.0 Å². The van der Waals surface area contributed by atoms with Crippen LogP contribution in [0.2, 0.25) is 5.02 Å². The largest absolute Gasteiger partial charge is 0.295 e. The number of hydrogen-bond acceptors (Lipinski definition) is 3. The zero-order valence-corrected chi connectivity index (χ0v) is 13.8. The van der Waals surface area contributed by atoms with E-state index in [4.69, 9.17) is 11.6 Å². The van der Waals surface area contributed by atoms with Crippen LogP contribution < -0.4 is 4.72 Å². The fourth-order valence-electron chi connectivity index (χ4n) is 2.01. The standard InChI is InChI=1S/C16H16ClNO3S/c1-11-4-3-5-16(17)15(11)10-18-22(20,21)14-8-6-13(7-9-14)12(2)19/h3-9,18H,10H2,1-2H3. The fraction of sp³-hybridized carbons (Fsp3) is 0.188.